The molecule has 7 heteroatoms. The molecule has 4 aromatic carbocycles. The average molecular weight is 539 g/mol. The number of benzene rings is 4. The topological polar surface area (TPSA) is 90.7 Å². The summed E-state index contributed by atoms with van der Waals surface area (Å²) in [5.41, 5.74) is 2.47. The summed E-state index contributed by atoms with van der Waals surface area (Å²) in [6, 6.07) is 26.6. The maximum atomic E-state index is 13.9. The van der Waals surface area contributed by atoms with Gasteiger partial charge in [0, 0.05) is 18.1 Å². The van der Waals surface area contributed by atoms with Crippen LogP contribution in [0.1, 0.15) is 23.6 Å². The minimum Gasteiger partial charge on any atom is -0.496 e. The summed E-state index contributed by atoms with van der Waals surface area (Å²) in [4.78, 5) is 13.9. The van der Waals surface area contributed by atoms with Crippen molar-refractivity contribution < 1.29 is 28.5 Å². The van der Waals surface area contributed by atoms with E-state index in [9.17, 15) is 9.90 Å². The van der Waals surface area contributed by atoms with Crippen LogP contribution in [0.15, 0.2) is 94.1 Å². The second kappa shape index (κ2) is 10.7. The van der Waals surface area contributed by atoms with E-state index in [1.807, 2.05) is 67.6 Å². The first-order valence-electron chi connectivity index (χ1n) is 13.2. The Balaban J connectivity index is 1.50. The van der Waals surface area contributed by atoms with E-state index in [2.05, 4.69) is 0 Å². The van der Waals surface area contributed by atoms with Gasteiger partial charge in [0.2, 0.25) is 5.43 Å². The van der Waals surface area contributed by atoms with Gasteiger partial charge in [0.1, 0.15) is 41.3 Å². The van der Waals surface area contributed by atoms with E-state index in [1.54, 1.807) is 24.3 Å². The molecule has 204 valence electrons. The lowest BCUT2D eigenvalue weighted by molar-refractivity contribution is 0.184. The van der Waals surface area contributed by atoms with Crippen LogP contribution in [-0.2, 0) is 24.4 Å². The SMILES string of the molecule is COc1cc(OCc2ccccc2)c(CC2OC2(C)CO)c2oc3c(OCc4ccccc4)cccc3c(=O)c12. The monoisotopic (exact) mass is 538 g/mol. The molecule has 5 aromatic rings. The molecule has 0 bridgehead atoms. The third kappa shape index (κ3) is 4.90. The van der Waals surface area contributed by atoms with Gasteiger partial charge < -0.3 is 28.5 Å². The molecule has 6 rings (SSSR count). The summed E-state index contributed by atoms with van der Waals surface area (Å²) in [5, 5.41) is 10.6. The Morgan fingerprint density at radius 1 is 0.825 bits per heavy atom. The van der Waals surface area contributed by atoms with Crippen molar-refractivity contribution in [3.63, 3.8) is 0 Å². The second-order valence-electron chi connectivity index (χ2n) is 10.2. The van der Waals surface area contributed by atoms with Crippen molar-refractivity contribution in [2.24, 2.45) is 0 Å². The Kier molecular flexibility index (Phi) is 6.92. The number of aliphatic hydroxyl groups excluding tert-OH is 1. The van der Waals surface area contributed by atoms with Gasteiger partial charge in [-0.25, -0.2) is 0 Å². The highest BCUT2D eigenvalue weighted by atomic mass is 16.6. The van der Waals surface area contributed by atoms with Gasteiger partial charge >= 0.3 is 0 Å². The number of para-hydroxylation sites is 1. The summed E-state index contributed by atoms with van der Waals surface area (Å²) in [6.07, 6.45) is 0.113. The van der Waals surface area contributed by atoms with Gasteiger partial charge in [0.25, 0.3) is 0 Å². The first kappa shape index (κ1) is 25.9. The summed E-state index contributed by atoms with van der Waals surface area (Å²) >= 11 is 0. The minimum atomic E-state index is -0.663. The molecule has 1 aliphatic heterocycles. The van der Waals surface area contributed by atoms with Crippen LogP contribution < -0.4 is 19.6 Å². The smallest absolute Gasteiger partial charge is 0.204 e. The molecular formula is C33H30O7. The van der Waals surface area contributed by atoms with E-state index in [-0.39, 0.29) is 18.1 Å². The zero-order chi connectivity index (χ0) is 27.7. The van der Waals surface area contributed by atoms with Crippen LogP contribution in [0.3, 0.4) is 0 Å². The summed E-state index contributed by atoms with van der Waals surface area (Å²) in [7, 11) is 1.52. The predicted molar refractivity (Wildman–Crippen MR) is 152 cm³/mol. The Morgan fingerprint density at radius 2 is 1.48 bits per heavy atom. The van der Waals surface area contributed by atoms with Crippen LogP contribution in [0.25, 0.3) is 21.9 Å². The predicted octanol–water partition coefficient (Wildman–Crippen LogP) is 5.81. The number of ether oxygens (including phenoxy) is 4. The number of hydrogen-bond donors (Lipinski definition) is 1. The van der Waals surface area contributed by atoms with E-state index in [0.717, 1.165) is 11.1 Å². The van der Waals surface area contributed by atoms with Gasteiger partial charge in [-0.15, -0.1) is 0 Å². The van der Waals surface area contributed by atoms with E-state index in [0.29, 0.717) is 64.4 Å². The van der Waals surface area contributed by atoms with E-state index < -0.39 is 5.60 Å². The van der Waals surface area contributed by atoms with E-state index in [1.165, 1.54) is 7.11 Å². The number of epoxide rings is 1. The van der Waals surface area contributed by atoms with Crippen LogP contribution in [0.4, 0.5) is 0 Å². The molecule has 2 atom stereocenters. The third-order valence-electron chi connectivity index (χ3n) is 7.39. The molecule has 0 radical (unpaired) electrons. The van der Waals surface area contributed by atoms with Gasteiger partial charge in [0.15, 0.2) is 11.3 Å². The first-order valence-corrected chi connectivity index (χ1v) is 13.2. The maximum Gasteiger partial charge on any atom is 0.204 e. The van der Waals surface area contributed by atoms with Crippen LogP contribution in [-0.4, -0.2) is 30.5 Å². The Labute approximate surface area is 231 Å². The van der Waals surface area contributed by atoms with Gasteiger partial charge in [-0.2, -0.15) is 0 Å². The van der Waals surface area contributed by atoms with Gasteiger partial charge in [-0.3, -0.25) is 4.79 Å². The normalized spacial score (nSPS) is 18.1. The molecule has 1 N–H and O–H groups in total. The molecule has 0 spiro atoms. The number of rotatable bonds is 10. The summed E-state index contributed by atoms with van der Waals surface area (Å²) in [6.45, 7) is 2.38. The number of fused-ring (bicyclic) bond motifs is 2. The minimum absolute atomic E-state index is 0.115. The number of methoxy groups -OCH3 is 1. The Morgan fingerprint density at radius 3 is 2.08 bits per heavy atom. The average Bonchev–Trinajstić information content (AvgIpc) is 3.66. The van der Waals surface area contributed by atoms with Crippen LogP contribution in [0, 0.1) is 0 Å². The fourth-order valence-corrected chi connectivity index (χ4v) is 4.96. The molecule has 0 saturated carbocycles. The van der Waals surface area contributed by atoms with Crippen LogP contribution >= 0.6 is 0 Å². The molecule has 2 heterocycles. The fourth-order valence-electron chi connectivity index (χ4n) is 4.96. The molecular weight excluding hydrogens is 508 g/mol. The van der Waals surface area contributed by atoms with Gasteiger partial charge in [-0.1, -0.05) is 66.7 Å². The maximum absolute atomic E-state index is 13.9. The Bertz CT molecular complexity index is 1710. The van der Waals surface area contributed by atoms with E-state index in [4.69, 9.17) is 23.4 Å². The van der Waals surface area contributed by atoms with Crippen molar-refractivity contribution in [2.75, 3.05) is 13.7 Å². The molecule has 1 fully saturated rings. The third-order valence-corrected chi connectivity index (χ3v) is 7.39. The molecule has 1 aliphatic rings. The first-order chi connectivity index (χ1) is 19.5. The molecule has 0 amide bonds. The lowest BCUT2D eigenvalue weighted by Crippen LogP contribution is -2.17. The van der Waals surface area contributed by atoms with Crippen molar-refractivity contribution in [1.82, 2.24) is 0 Å². The van der Waals surface area contributed by atoms with Crippen molar-refractivity contribution in [3.8, 4) is 17.2 Å². The van der Waals surface area contributed by atoms with Crippen LogP contribution in [0.5, 0.6) is 17.2 Å². The van der Waals surface area contributed by atoms with Crippen molar-refractivity contribution in [2.45, 2.75) is 38.3 Å². The lowest BCUT2D eigenvalue weighted by Gasteiger charge is -2.17. The van der Waals surface area contributed by atoms with E-state index >= 15 is 0 Å². The molecule has 40 heavy (non-hydrogen) atoms. The quantitative estimate of drug-likeness (QED) is 0.177. The molecule has 2 unspecified atom stereocenters. The molecule has 7 nitrogen and oxygen atoms in total. The fraction of sp³-hybridized carbons (Fsp3) is 0.242. The zero-order valence-electron chi connectivity index (χ0n) is 22.4. The molecule has 1 saturated heterocycles. The standard InChI is InChI=1S/C33H30O7/c1-33(20-34)28(40-33)16-24-26(38-19-22-12-7-4-8-13-22)17-27(36-2)29-30(35)23-14-9-15-25(31(23)39-32(24)29)37-18-21-10-5-3-6-11-21/h3-15,17,28,34H,16,18-20H2,1-2H3. The summed E-state index contributed by atoms with van der Waals surface area (Å²) in [5.74, 6) is 1.34. The van der Waals surface area contributed by atoms with Crippen molar-refractivity contribution in [3.05, 3.63) is 112 Å². The van der Waals surface area contributed by atoms with Gasteiger partial charge in [0.05, 0.1) is 25.2 Å². The lowest BCUT2D eigenvalue weighted by atomic mass is 9.98. The second-order valence-corrected chi connectivity index (χ2v) is 10.2. The van der Waals surface area contributed by atoms with Gasteiger partial charge in [-0.05, 0) is 30.2 Å². The highest BCUT2D eigenvalue weighted by Gasteiger charge is 2.52. The highest BCUT2D eigenvalue weighted by Crippen LogP contribution is 2.44. The summed E-state index contributed by atoms with van der Waals surface area (Å²) < 4.78 is 30.5. The van der Waals surface area contributed by atoms with Crippen molar-refractivity contribution in [1.29, 1.82) is 0 Å². The Hall–Kier alpha value is -4.33. The number of hydrogen-bond acceptors (Lipinski definition) is 7. The highest BCUT2D eigenvalue weighted by molar-refractivity contribution is 5.97. The number of aliphatic hydroxyl groups is 1. The zero-order valence-corrected chi connectivity index (χ0v) is 22.4. The largest absolute Gasteiger partial charge is 0.496 e. The van der Waals surface area contributed by atoms with Crippen LogP contribution in [0.2, 0.25) is 0 Å². The van der Waals surface area contributed by atoms with Crippen molar-refractivity contribution >= 4 is 21.9 Å². The molecule has 0 aliphatic carbocycles. The molecule has 1 aromatic heterocycles.